The van der Waals surface area contributed by atoms with Crippen LogP contribution in [0.3, 0.4) is 0 Å². The Morgan fingerprint density at radius 3 is 1.19 bits per heavy atom. The lowest BCUT2D eigenvalue weighted by molar-refractivity contribution is -0.161. The van der Waals surface area contributed by atoms with Crippen LogP contribution in [0.4, 0.5) is 0 Å². The van der Waals surface area contributed by atoms with Crippen LogP contribution in [0.1, 0.15) is 239 Å². The normalized spacial score (nSPS) is 13.8. The Hall–Kier alpha value is -3.07. The molecule has 0 aliphatic heterocycles. The van der Waals surface area contributed by atoms with Gasteiger partial charge in [-0.25, -0.2) is 4.57 Å². The zero-order valence-corrected chi connectivity index (χ0v) is 45.6. The summed E-state index contributed by atoms with van der Waals surface area (Å²) in [7, 11) is -4.39. The fourth-order valence-corrected chi connectivity index (χ4v) is 8.32. The first-order valence-corrected chi connectivity index (χ1v) is 29.7. The third-order valence-electron chi connectivity index (χ3n) is 11.7. The van der Waals surface area contributed by atoms with Gasteiger partial charge in [0.2, 0.25) is 0 Å². The van der Waals surface area contributed by atoms with Gasteiger partial charge in [-0.2, -0.15) is 0 Å². The molecule has 0 aliphatic carbocycles. The zero-order valence-electron chi connectivity index (χ0n) is 44.7. The van der Waals surface area contributed by atoms with Crippen LogP contribution in [0, 0.1) is 0 Å². The molecule has 70 heavy (non-hydrogen) atoms. The zero-order chi connectivity index (χ0) is 51.0. The van der Waals surface area contributed by atoms with E-state index in [1.54, 1.807) is 0 Å². The van der Waals surface area contributed by atoms with Crippen molar-refractivity contribution in [3.63, 3.8) is 0 Å². The number of allylic oxidation sites excluding steroid dienone is 16. The average molecular weight is 998 g/mol. The van der Waals surface area contributed by atoms with Crippen molar-refractivity contribution in [2.45, 2.75) is 245 Å². The van der Waals surface area contributed by atoms with Crippen molar-refractivity contribution in [2.75, 3.05) is 26.4 Å². The van der Waals surface area contributed by atoms with Crippen LogP contribution in [-0.4, -0.2) is 49.3 Å². The minimum absolute atomic E-state index is 0.0477. The highest BCUT2D eigenvalue weighted by atomic mass is 31.2. The number of unbranched alkanes of at least 4 members (excludes halogenated alkanes) is 23. The molecule has 3 N–H and O–H groups in total. The molecule has 2 atom stereocenters. The van der Waals surface area contributed by atoms with Gasteiger partial charge in [0, 0.05) is 19.4 Å². The van der Waals surface area contributed by atoms with E-state index in [1.807, 2.05) is 0 Å². The Kier molecular flexibility index (Phi) is 52.8. The highest BCUT2D eigenvalue weighted by molar-refractivity contribution is 7.47. The van der Waals surface area contributed by atoms with Crippen LogP contribution >= 0.6 is 7.82 Å². The molecule has 0 saturated carbocycles. The smallest absolute Gasteiger partial charge is 0.462 e. The molecule has 0 aromatic rings. The maximum Gasteiger partial charge on any atom is 0.472 e. The average Bonchev–Trinajstić information content (AvgIpc) is 3.35. The van der Waals surface area contributed by atoms with Crippen molar-refractivity contribution < 1.29 is 37.6 Å². The van der Waals surface area contributed by atoms with E-state index in [2.05, 4.69) is 111 Å². The number of ether oxygens (including phenoxy) is 2. The molecule has 0 aromatic heterocycles. The van der Waals surface area contributed by atoms with E-state index in [1.165, 1.54) is 103 Å². The standard InChI is InChI=1S/C60H104NO8P/c1-3-5-7-9-11-13-15-17-19-21-23-24-25-26-27-28-29-30-31-32-33-34-35-37-39-41-43-45-47-49-51-53-60(63)69-58(57-68-70(64,65)67-55-54-61)56-66-59(62)52-50-48-46-44-42-40-38-36-22-20-18-16-14-12-10-8-6-4-2/h5,7,11,13,17,19-20,22-24,26-27,29-30,32-33,58H,3-4,6,8-10,12,14-16,18,21,25,28,31,34-57,61H2,1-2H3,(H,64,65)/b7-5-,13-11-,19-17-,22-20-,24-23-,27-26-,30-29-,33-32-. The van der Waals surface area contributed by atoms with Gasteiger partial charge in [-0.3, -0.25) is 18.6 Å². The van der Waals surface area contributed by atoms with Crippen molar-refractivity contribution in [1.82, 2.24) is 0 Å². The summed E-state index contributed by atoms with van der Waals surface area (Å²) in [6.07, 6.45) is 73.1. The van der Waals surface area contributed by atoms with Crippen LogP contribution in [0.25, 0.3) is 0 Å². The molecule has 402 valence electrons. The first kappa shape index (κ1) is 66.9. The summed E-state index contributed by atoms with van der Waals surface area (Å²) in [4.78, 5) is 35.1. The molecular formula is C60H104NO8P. The van der Waals surface area contributed by atoms with Crippen molar-refractivity contribution in [3.05, 3.63) is 97.2 Å². The van der Waals surface area contributed by atoms with Gasteiger partial charge in [0.25, 0.3) is 0 Å². The molecule has 0 fully saturated rings. The summed E-state index contributed by atoms with van der Waals surface area (Å²) in [6, 6.07) is 0. The maximum atomic E-state index is 12.7. The molecule has 0 saturated heterocycles. The monoisotopic (exact) mass is 998 g/mol. The van der Waals surface area contributed by atoms with Crippen molar-refractivity contribution >= 4 is 19.8 Å². The van der Waals surface area contributed by atoms with E-state index in [-0.39, 0.29) is 38.6 Å². The molecule has 10 heteroatoms. The SMILES string of the molecule is CC/C=C\C/C=C\C/C=C\C/C=C\C/C=C\C/C=C\C/C=C\CCCCCCCCCCCC(=O)OC(COC(=O)CCCCCCCCC/C=C\CCCCCCCCC)COP(=O)(O)OCCN. The molecule has 0 bridgehead atoms. The number of carbonyl (C=O) groups is 2. The Morgan fingerprint density at radius 1 is 0.443 bits per heavy atom. The number of rotatable bonds is 52. The summed E-state index contributed by atoms with van der Waals surface area (Å²) in [6.45, 7) is 3.62. The number of hydrogen-bond donors (Lipinski definition) is 2. The first-order chi connectivity index (χ1) is 34.3. The maximum absolute atomic E-state index is 12.7. The Labute approximate surface area is 429 Å². The lowest BCUT2D eigenvalue weighted by Gasteiger charge is -2.19. The topological polar surface area (TPSA) is 134 Å². The number of carbonyl (C=O) groups excluding carboxylic acids is 2. The molecule has 0 rings (SSSR count). The van der Waals surface area contributed by atoms with Crippen LogP contribution in [-0.2, 0) is 32.7 Å². The molecule has 0 aromatic carbocycles. The predicted molar refractivity (Wildman–Crippen MR) is 298 cm³/mol. The highest BCUT2D eigenvalue weighted by Crippen LogP contribution is 2.43. The second-order valence-corrected chi connectivity index (χ2v) is 19.9. The summed E-state index contributed by atoms with van der Waals surface area (Å²) in [5.41, 5.74) is 5.38. The second kappa shape index (κ2) is 55.2. The van der Waals surface area contributed by atoms with Gasteiger partial charge in [-0.1, -0.05) is 227 Å². The summed E-state index contributed by atoms with van der Waals surface area (Å²) in [5.74, 6) is -0.841. The van der Waals surface area contributed by atoms with E-state index < -0.39 is 26.5 Å². The Balaban J connectivity index is 4.03. The van der Waals surface area contributed by atoms with E-state index in [0.29, 0.717) is 6.42 Å². The van der Waals surface area contributed by atoms with Gasteiger partial charge in [-0.05, 0) is 96.3 Å². The van der Waals surface area contributed by atoms with E-state index in [4.69, 9.17) is 24.3 Å². The quantitative estimate of drug-likeness (QED) is 0.0264. The van der Waals surface area contributed by atoms with Gasteiger partial charge in [-0.15, -0.1) is 0 Å². The Morgan fingerprint density at radius 2 is 0.786 bits per heavy atom. The molecule has 0 amide bonds. The van der Waals surface area contributed by atoms with Gasteiger partial charge in [0.15, 0.2) is 6.10 Å². The number of nitrogens with two attached hydrogens (primary N) is 1. The minimum atomic E-state index is -4.39. The highest BCUT2D eigenvalue weighted by Gasteiger charge is 2.26. The molecule has 0 aliphatic rings. The van der Waals surface area contributed by atoms with Gasteiger partial charge in [0.05, 0.1) is 13.2 Å². The second-order valence-electron chi connectivity index (χ2n) is 18.4. The van der Waals surface area contributed by atoms with Crippen LogP contribution in [0.15, 0.2) is 97.2 Å². The third-order valence-corrected chi connectivity index (χ3v) is 12.7. The van der Waals surface area contributed by atoms with Crippen molar-refractivity contribution in [2.24, 2.45) is 5.73 Å². The molecule has 0 spiro atoms. The van der Waals surface area contributed by atoms with E-state index >= 15 is 0 Å². The summed E-state index contributed by atoms with van der Waals surface area (Å²) in [5, 5.41) is 0. The molecule has 0 heterocycles. The third kappa shape index (κ3) is 54.3. The number of esters is 2. The van der Waals surface area contributed by atoms with Crippen molar-refractivity contribution in [1.29, 1.82) is 0 Å². The molecule has 9 nitrogen and oxygen atoms in total. The number of phosphoric acid groups is 1. The van der Waals surface area contributed by atoms with Crippen LogP contribution in [0.5, 0.6) is 0 Å². The molecular weight excluding hydrogens is 894 g/mol. The van der Waals surface area contributed by atoms with Gasteiger partial charge < -0.3 is 20.1 Å². The largest absolute Gasteiger partial charge is 0.472 e. The number of hydrogen-bond acceptors (Lipinski definition) is 8. The van der Waals surface area contributed by atoms with E-state index in [9.17, 15) is 19.0 Å². The fraction of sp³-hybridized carbons (Fsp3) is 0.700. The first-order valence-electron chi connectivity index (χ1n) is 28.2. The van der Waals surface area contributed by atoms with Crippen molar-refractivity contribution in [3.8, 4) is 0 Å². The van der Waals surface area contributed by atoms with Gasteiger partial charge in [0.1, 0.15) is 6.61 Å². The fourth-order valence-electron chi connectivity index (χ4n) is 7.55. The Bertz CT molecular complexity index is 1460. The molecule has 2 unspecified atom stereocenters. The lowest BCUT2D eigenvalue weighted by atomic mass is 10.1. The minimum Gasteiger partial charge on any atom is -0.462 e. The molecule has 0 radical (unpaired) electrons. The predicted octanol–water partition coefficient (Wildman–Crippen LogP) is 17.7. The van der Waals surface area contributed by atoms with Crippen LogP contribution in [0.2, 0.25) is 0 Å². The number of phosphoric ester groups is 1. The van der Waals surface area contributed by atoms with Crippen LogP contribution < -0.4 is 5.73 Å². The summed E-state index contributed by atoms with van der Waals surface area (Å²) < 4.78 is 33.0. The van der Waals surface area contributed by atoms with Gasteiger partial charge >= 0.3 is 19.8 Å². The lowest BCUT2D eigenvalue weighted by Crippen LogP contribution is -2.29. The van der Waals surface area contributed by atoms with E-state index in [0.717, 1.165) is 103 Å². The summed E-state index contributed by atoms with van der Waals surface area (Å²) >= 11 is 0.